The van der Waals surface area contributed by atoms with Crippen LogP contribution in [-0.2, 0) is 4.79 Å². The van der Waals surface area contributed by atoms with Gasteiger partial charge in [-0.1, -0.05) is 20.3 Å². The van der Waals surface area contributed by atoms with Crippen LogP contribution in [0.2, 0.25) is 0 Å². The second-order valence-electron chi connectivity index (χ2n) is 3.69. The first kappa shape index (κ1) is 9.72. The molecule has 1 unspecified atom stereocenters. The van der Waals surface area contributed by atoms with Gasteiger partial charge in [-0.2, -0.15) is 0 Å². The lowest BCUT2D eigenvalue weighted by molar-refractivity contribution is -0.119. The highest BCUT2D eigenvalue weighted by molar-refractivity contribution is 5.80. The van der Waals surface area contributed by atoms with Gasteiger partial charge in [-0.15, -0.1) is 0 Å². The predicted molar refractivity (Wildman–Crippen MR) is 50.1 cm³/mol. The van der Waals surface area contributed by atoms with E-state index in [1.165, 1.54) is 12.8 Å². The van der Waals surface area contributed by atoms with Crippen molar-refractivity contribution in [2.24, 2.45) is 5.92 Å². The molecule has 1 aliphatic rings. The van der Waals surface area contributed by atoms with Gasteiger partial charge in [-0.25, -0.2) is 0 Å². The Labute approximate surface area is 74.9 Å². The zero-order chi connectivity index (χ0) is 8.97. The van der Waals surface area contributed by atoms with Crippen molar-refractivity contribution < 1.29 is 4.79 Å². The van der Waals surface area contributed by atoms with Gasteiger partial charge in [0, 0.05) is 13.0 Å². The molecule has 2 nitrogen and oxygen atoms in total. The Morgan fingerprint density at radius 3 is 2.75 bits per heavy atom. The number of nitrogens with zero attached hydrogens (tertiary/aromatic N) is 1. The molecule has 1 fully saturated rings. The second-order valence-corrected chi connectivity index (χ2v) is 3.69. The molecule has 1 heterocycles. The SMILES string of the molecule is CCC(=O)CN1CCC(CC)C1. The molecule has 1 saturated heterocycles. The van der Waals surface area contributed by atoms with Crippen molar-refractivity contribution in [3.63, 3.8) is 0 Å². The molecule has 1 atom stereocenters. The van der Waals surface area contributed by atoms with E-state index in [2.05, 4.69) is 11.8 Å². The molecule has 70 valence electrons. The van der Waals surface area contributed by atoms with E-state index in [9.17, 15) is 4.79 Å². The van der Waals surface area contributed by atoms with Gasteiger partial charge in [0.05, 0.1) is 6.54 Å². The quantitative estimate of drug-likeness (QED) is 0.638. The summed E-state index contributed by atoms with van der Waals surface area (Å²) < 4.78 is 0. The minimum Gasteiger partial charge on any atom is -0.298 e. The Kier molecular flexibility index (Phi) is 3.73. The molecule has 0 aromatic rings. The summed E-state index contributed by atoms with van der Waals surface area (Å²) >= 11 is 0. The highest BCUT2D eigenvalue weighted by atomic mass is 16.1. The number of ketones is 1. The first-order valence-corrected chi connectivity index (χ1v) is 5.00. The van der Waals surface area contributed by atoms with Crippen LogP contribution in [-0.4, -0.2) is 30.3 Å². The Hall–Kier alpha value is -0.370. The molecule has 0 amide bonds. The number of rotatable bonds is 4. The fraction of sp³-hybridized carbons (Fsp3) is 0.900. The third kappa shape index (κ3) is 2.59. The summed E-state index contributed by atoms with van der Waals surface area (Å²) in [6.07, 6.45) is 3.23. The van der Waals surface area contributed by atoms with Gasteiger partial charge in [0.1, 0.15) is 5.78 Å². The van der Waals surface area contributed by atoms with Gasteiger partial charge < -0.3 is 0 Å². The number of hydrogen-bond acceptors (Lipinski definition) is 2. The minimum atomic E-state index is 0.381. The van der Waals surface area contributed by atoms with Crippen molar-refractivity contribution >= 4 is 5.78 Å². The fourth-order valence-corrected chi connectivity index (χ4v) is 1.75. The van der Waals surface area contributed by atoms with Crippen LogP contribution >= 0.6 is 0 Å². The lowest BCUT2D eigenvalue weighted by Crippen LogP contribution is -2.27. The predicted octanol–water partition coefficient (Wildman–Crippen LogP) is 1.70. The monoisotopic (exact) mass is 169 g/mol. The molecule has 12 heavy (non-hydrogen) atoms. The lowest BCUT2D eigenvalue weighted by Gasteiger charge is -2.13. The number of likely N-dealkylation sites (tertiary alicyclic amines) is 1. The Balaban J connectivity index is 2.23. The lowest BCUT2D eigenvalue weighted by atomic mass is 10.1. The summed E-state index contributed by atoms with van der Waals surface area (Å²) in [7, 11) is 0. The van der Waals surface area contributed by atoms with E-state index in [1.54, 1.807) is 0 Å². The molecular formula is C10H19NO. The van der Waals surface area contributed by atoms with Gasteiger partial charge in [-0.3, -0.25) is 9.69 Å². The highest BCUT2D eigenvalue weighted by Gasteiger charge is 2.21. The molecular weight excluding hydrogens is 150 g/mol. The molecule has 1 rings (SSSR count). The third-order valence-electron chi connectivity index (χ3n) is 2.74. The Morgan fingerprint density at radius 2 is 2.25 bits per heavy atom. The molecule has 0 spiro atoms. The molecule has 0 saturated carbocycles. The highest BCUT2D eigenvalue weighted by Crippen LogP contribution is 2.18. The van der Waals surface area contributed by atoms with Crippen LogP contribution in [0.15, 0.2) is 0 Å². The average Bonchev–Trinajstić information content (AvgIpc) is 2.52. The Bertz CT molecular complexity index is 156. The molecule has 1 aliphatic heterocycles. The van der Waals surface area contributed by atoms with Crippen molar-refractivity contribution in [3.05, 3.63) is 0 Å². The van der Waals surface area contributed by atoms with Crippen LogP contribution in [0.5, 0.6) is 0 Å². The maximum atomic E-state index is 11.1. The average molecular weight is 169 g/mol. The van der Waals surface area contributed by atoms with Gasteiger partial charge in [-0.05, 0) is 18.9 Å². The van der Waals surface area contributed by atoms with Crippen molar-refractivity contribution in [1.82, 2.24) is 4.90 Å². The van der Waals surface area contributed by atoms with E-state index >= 15 is 0 Å². The van der Waals surface area contributed by atoms with Crippen LogP contribution in [0.1, 0.15) is 33.1 Å². The van der Waals surface area contributed by atoms with E-state index in [1.807, 2.05) is 6.92 Å². The number of carbonyl (C=O) groups is 1. The normalized spacial score (nSPS) is 24.7. The standard InChI is InChI=1S/C10H19NO/c1-3-9-5-6-11(7-9)8-10(12)4-2/h9H,3-8H2,1-2H3. The summed E-state index contributed by atoms with van der Waals surface area (Å²) in [5.41, 5.74) is 0. The number of carbonyl (C=O) groups excluding carboxylic acids is 1. The van der Waals surface area contributed by atoms with Crippen LogP contribution in [0.25, 0.3) is 0 Å². The fourth-order valence-electron chi connectivity index (χ4n) is 1.75. The first-order chi connectivity index (χ1) is 5.76. The van der Waals surface area contributed by atoms with Crippen LogP contribution < -0.4 is 0 Å². The van der Waals surface area contributed by atoms with E-state index in [0.717, 1.165) is 19.0 Å². The summed E-state index contributed by atoms with van der Waals surface area (Å²) in [6.45, 7) is 7.13. The first-order valence-electron chi connectivity index (χ1n) is 5.00. The van der Waals surface area contributed by atoms with Crippen molar-refractivity contribution in [3.8, 4) is 0 Å². The zero-order valence-corrected chi connectivity index (χ0v) is 8.18. The largest absolute Gasteiger partial charge is 0.298 e. The second kappa shape index (κ2) is 4.61. The maximum Gasteiger partial charge on any atom is 0.146 e. The van der Waals surface area contributed by atoms with Crippen LogP contribution in [0.4, 0.5) is 0 Å². The van der Waals surface area contributed by atoms with Crippen LogP contribution in [0.3, 0.4) is 0 Å². The van der Waals surface area contributed by atoms with Gasteiger partial charge in [0.2, 0.25) is 0 Å². The number of Topliss-reactive ketones (excluding diaryl/α,β-unsaturated/α-hetero) is 1. The van der Waals surface area contributed by atoms with Gasteiger partial charge >= 0.3 is 0 Å². The van der Waals surface area contributed by atoms with Crippen molar-refractivity contribution in [2.75, 3.05) is 19.6 Å². The van der Waals surface area contributed by atoms with E-state index in [0.29, 0.717) is 18.7 Å². The summed E-state index contributed by atoms with van der Waals surface area (Å²) in [5, 5.41) is 0. The van der Waals surface area contributed by atoms with Crippen molar-refractivity contribution in [2.45, 2.75) is 33.1 Å². The molecule has 0 aliphatic carbocycles. The van der Waals surface area contributed by atoms with Gasteiger partial charge in [0.15, 0.2) is 0 Å². The van der Waals surface area contributed by atoms with E-state index in [-0.39, 0.29) is 0 Å². The van der Waals surface area contributed by atoms with Gasteiger partial charge in [0.25, 0.3) is 0 Å². The maximum absolute atomic E-state index is 11.1. The minimum absolute atomic E-state index is 0.381. The molecule has 0 aromatic carbocycles. The topological polar surface area (TPSA) is 20.3 Å². The Morgan fingerprint density at radius 1 is 1.50 bits per heavy atom. The molecule has 2 heteroatoms. The number of hydrogen-bond donors (Lipinski definition) is 0. The van der Waals surface area contributed by atoms with E-state index < -0.39 is 0 Å². The van der Waals surface area contributed by atoms with E-state index in [4.69, 9.17) is 0 Å². The zero-order valence-electron chi connectivity index (χ0n) is 8.18. The molecule has 0 N–H and O–H groups in total. The summed E-state index contributed by atoms with van der Waals surface area (Å²) in [4.78, 5) is 13.4. The summed E-state index contributed by atoms with van der Waals surface area (Å²) in [6, 6.07) is 0. The molecule has 0 bridgehead atoms. The van der Waals surface area contributed by atoms with Crippen molar-refractivity contribution in [1.29, 1.82) is 0 Å². The smallest absolute Gasteiger partial charge is 0.146 e. The summed E-state index contributed by atoms with van der Waals surface area (Å²) in [5.74, 6) is 1.22. The third-order valence-corrected chi connectivity index (χ3v) is 2.74. The molecule has 0 aromatic heterocycles. The molecule has 0 radical (unpaired) electrons. The van der Waals surface area contributed by atoms with Crippen LogP contribution in [0, 0.1) is 5.92 Å².